The molecule has 2 N–H and O–H groups in total. The van der Waals surface area contributed by atoms with Gasteiger partial charge in [-0.05, 0) is 37.1 Å². The molecule has 0 radical (unpaired) electrons. The van der Waals surface area contributed by atoms with Gasteiger partial charge in [0.25, 0.3) is 0 Å². The smallest absolute Gasteiger partial charge is 0.242 e. The van der Waals surface area contributed by atoms with Crippen LogP contribution in [0.1, 0.15) is 23.9 Å². The van der Waals surface area contributed by atoms with Gasteiger partial charge in [0.15, 0.2) is 0 Å². The Kier molecular flexibility index (Phi) is 6.43. The average Bonchev–Trinajstić information content (AvgIpc) is 3.04. The van der Waals surface area contributed by atoms with Gasteiger partial charge in [0.2, 0.25) is 21.1 Å². The van der Waals surface area contributed by atoms with Gasteiger partial charge in [-0.2, -0.15) is 0 Å². The molecule has 0 aliphatic rings. The summed E-state index contributed by atoms with van der Waals surface area (Å²) in [7, 11) is -0.631. The van der Waals surface area contributed by atoms with Crippen LogP contribution in [0, 0.1) is 13.8 Å². The van der Waals surface area contributed by atoms with Crippen molar-refractivity contribution < 1.29 is 13.2 Å². The van der Waals surface area contributed by atoms with Gasteiger partial charge in [-0.25, -0.2) is 17.7 Å². The normalized spacial score (nSPS) is 11.8. The van der Waals surface area contributed by atoms with Crippen molar-refractivity contribution in [3.63, 3.8) is 0 Å². The van der Waals surface area contributed by atoms with Crippen LogP contribution < -0.4 is 5.32 Å². The molecule has 0 saturated carbocycles. The van der Waals surface area contributed by atoms with Crippen LogP contribution in [-0.4, -0.2) is 53.7 Å². The summed E-state index contributed by atoms with van der Waals surface area (Å²) in [4.78, 5) is 16.6. The summed E-state index contributed by atoms with van der Waals surface area (Å²) in [5.41, 5.74) is 2.10. The Morgan fingerprint density at radius 3 is 2.58 bits per heavy atom. The Hall–Kier alpha value is -1.91. The van der Waals surface area contributed by atoms with Gasteiger partial charge in [-0.1, -0.05) is 18.7 Å². The van der Waals surface area contributed by atoms with E-state index in [1.165, 1.54) is 31.9 Å². The van der Waals surface area contributed by atoms with Crippen LogP contribution in [0.3, 0.4) is 0 Å². The van der Waals surface area contributed by atoms with Crippen LogP contribution in [0.4, 0.5) is 5.69 Å². The molecule has 0 aliphatic carbocycles. The number of carbonyl (C=O) groups is 1. The van der Waals surface area contributed by atoms with Gasteiger partial charge in [0, 0.05) is 26.2 Å². The van der Waals surface area contributed by atoms with Gasteiger partial charge in [-0.3, -0.25) is 9.89 Å². The highest BCUT2D eigenvalue weighted by molar-refractivity contribution is 7.99. The standard InChI is InChI=1S/C16H23N5O3S2/c1-6-14-18-16(20-19-14)25-9-15(22)17-13-8-12(7-10(2)11(13)3)26(23,24)21(4)5/h7-8H,6,9H2,1-5H3,(H,17,22)(H,18,19,20). The van der Waals surface area contributed by atoms with E-state index in [0.29, 0.717) is 10.8 Å². The molecular formula is C16H23N5O3S2. The number of aromatic amines is 1. The Balaban J connectivity index is 2.15. The molecule has 1 aromatic heterocycles. The molecule has 0 atom stereocenters. The van der Waals surface area contributed by atoms with E-state index in [9.17, 15) is 13.2 Å². The second-order valence-electron chi connectivity index (χ2n) is 5.96. The van der Waals surface area contributed by atoms with Gasteiger partial charge < -0.3 is 5.32 Å². The second-order valence-corrected chi connectivity index (χ2v) is 9.05. The number of rotatable bonds is 7. The highest BCUT2D eigenvalue weighted by atomic mass is 32.2. The van der Waals surface area contributed by atoms with Crippen LogP contribution in [0.25, 0.3) is 0 Å². The van der Waals surface area contributed by atoms with Gasteiger partial charge in [0.1, 0.15) is 5.82 Å². The van der Waals surface area contributed by atoms with Crippen molar-refractivity contribution in [1.82, 2.24) is 19.5 Å². The minimum atomic E-state index is -3.58. The lowest BCUT2D eigenvalue weighted by atomic mass is 10.1. The predicted octanol–water partition coefficient (Wildman–Crippen LogP) is 1.97. The SMILES string of the molecule is CCc1nc(SCC(=O)Nc2cc(S(=O)(=O)N(C)C)cc(C)c2C)n[nH]1. The fraction of sp³-hybridized carbons (Fsp3) is 0.438. The molecule has 1 heterocycles. The van der Waals surface area contributed by atoms with Crippen LogP contribution in [0.2, 0.25) is 0 Å². The maximum atomic E-state index is 12.4. The first-order valence-electron chi connectivity index (χ1n) is 8.02. The number of nitrogens with zero attached hydrogens (tertiary/aromatic N) is 3. The molecule has 0 saturated heterocycles. The van der Waals surface area contributed by atoms with Crippen molar-refractivity contribution in [1.29, 1.82) is 0 Å². The van der Waals surface area contributed by atoms with Crippen molar-refractivity contribution >= 4 is 33.4 Å². The molecule has 10 heteroatoms. The van der Waals surface area contributed by atoms with E-state index in [0.717, 1.165) is 27.7 Å². The molecule has 2 rings (SSSR count). The number of aryl methyl sites for hydroxylation is 2. The molecule has 26 heavy (non-hydrogen) atoms. The Morgan fingerprint density at radius 1 is 1.31 bits per heavy atom. The molecule has 0 bridgehead atoms. The first kappa shape index (κ1) is 20.4. The summed E-state index contributed by atoms with van der Waals surface area (Å²) in [6.45, 7) is 5.61. The number of hydrogen-bond donors (Lipinski definition) is 2. The molecule has 0 unspecified atom stereocenters. The summed E-state index contributed by atoms with van der Waals surface area (Å²) in [5.74, 6) is 0.644. The quantitative estimate of drug-likeness (QED) is 0.692. The average molecular weight is 398 g/mol. The number of aromatic nitrogens is 3. The van der Waals surface area contributed by atoms with Crippen molar-refractivity contribution in [2.45, 2.75) is 37.2 Å². The van der Waals surface area contributed by atoms with Crippen molar-refractivity contribution in [2.24, 2.45) is 0 Å². The predicted molar refractivity (Wildman–Crippen MR) is 102 cm³/mol. The lowest BCUT2D eigenvalue weighted by Gasteiger charge is -2.16. The Labute approximate surface area is 157 Å². The maximum Gasteiger partial charge on any atom is 0.242 e. The molecule has 8 nitrogen and oxygen atoms in total. The fourth-order valence-corrected chi connectivity index (χ4v) is 3.76. The third-order valence-corrected chi connectivity index (χ3v) is 6.51. The highest BCUT2D eigenvalue weighted by Gasteiger charge is 2.20. The minimum Gasteiger partial charge on any atom is -0.325 e. The molecule has 0 aliphatic heterocycles. The van der Waals surface area contributed by atoms with Crippen molar-refractivity contribution in [3.05, 3.63) is 29.1 Å². The van der Waals surface area contributed by atoms with E-state index in [4.69, 9.17) is 0 Å². The Morgan fingerprint density at radius 2 is 2.00 bits per heavy atom. The topological polar surface area (TPSA) is 108 Å². The number of carbonyl (C=O) groups excluding carboxylic acids is 1. The number of hydrogen-bond acceptors (Lipinski definition) is 6. The van der Waals surface area contributed by atoms with Crippen LogP contribution in [0.15, 0.2) is 22.2 Å². The number of amides is 1. The summed E-state index contributed by atoms with van der Waals surface area (Å²) < 4.78 is 25.9. The fourth-order valence-electron chi connectivity index (χ4n) is 2.13. The monoisotopic (exact) mass is 397 g/mol. The van der Waals surface area contributed by atoms with E-state index < -0.39 is 10.0 Å². The molecule has 0 spiro atoms. The van der Waals surface area contributed by atoms with Crippen molar-refractivity contribution in [2.75, 3.05) is 25.2 Å². The lowest BCUT2D eigenvalue weighted by molar-refractivity contribution is -0.113. The molecule has 142 valence electrons. The number of anilines is 1. The van der Waals surface area contributed by atoms with Gasteiger partial charge in [0.05, 0.1) is 10.6 Å². The maximum absolute atomic E-state index is 12.4. The molecule has 1 aromatic carbocycles. The highest BCUT2D eigenvalue weighted by Crippen LogP contribution is 2.26. The Bertz CT molecular complexity index is 907. The first-order valence-corrected chi connectivity index (χ1v) is 10.5. The number of benzene rings is 1. The zero-order valence-corrected chi connectivity index (χ0v) is 17.1. The van der Waals surface area contributed by atoms with E-state index in [-0.39, 0.29) is 16.6 Å². The number of thioether (sulfide) groups is 1. The molecular weight excluding hydrogens is 374 g/mol. The third-order valence-electron chi connectivity index (χ3n) is 3.87. The number of sulfonamides is 1. The number of nitrogens with one attached hydrogen (secondary N) is 2. The van der Waals surface area contributed by atoms with E-state index in [1.807, 2.05) is 20.8 Å². The van der Waals surface area contributed by atoms with Gasteiger partial charge in [-0.15, -0.1) is 5.10 Å². The van der Waals surface area contributed by atoms with Gasteiger partial charge >= 0.3 is 0 Å². The first-order chi connectivity index (χ1) is 12.1. The lowest BCUT2D eigenvalue weighted by Crippen LogP contribution is -2.23. The zero-order chi connectivity index (χ0) is 19.5. The largest absolute Gasteiger partial charge is 0.325 e. The molecule has 1 amide bonds. The van der Waals surface area contributed by atoms with E-state index >= 15 is 0 Å². The summed E-state index contributed by atoms with van der Waals surface area (Å²) >= 11 is 1.22. The van der Waals surface area contributed by atoms with Crippen LogP contribution >= 0.6 is 11.8 Å². The third kappa shape index (κ3) is 4.63. The summed E-state index contributed by atoms with van der Waals surface area (Å²) in [5, 5.41) is 10.1. The van der Waals surface area contributed by atoms with E-state index in [2.05, 4.69) is 20.5 Å². The molecule has 2 aromatic rings. The van der Waals surface area contributed by atoms with Crippen LogP contribution in [-0.2, 0) is 21.2 Å². The summed E-state index contributed by atoms with van der Waals surface area (Å²) in [6.07, 6.45) is 0.741. The van der Waals surface area contributed by atoms with E-state index in [1.54, 1.807) is 6.07 Å². The summed E-state index contributed by atoms with van der Waals surface area (Å²) in [6, 6.07) is 3.09. The zero-order valence-electron chi connectivity index (χ0n) is 15.5. The van der Waals surface area contributed by atoms with Crippen LogP contribution in [0.5, 0.6) is 0 Å². The number of H-pyrrole nitrogens is 1. The minimum absolute atomic E-state index is 0.129. The molecule has 0 fully saturated rings. The second kappa shape index (κ2) is 8.19. The van der Waals surface area contributed by atoms with Crippen molar-refractivity contribution in [3.8, 4) is 0 Å².